The fourth-order valence-electron chi connectivity index (χ4n) is 4.05. The van der Waals surface area contributed by atoms with E-state index in [0.29, 0.717) is 43.6 Å². The number of pyridine rings is 2. The molecule has 0 aromatic carbocycles. The van der Waals surface area contributed by atoms with E-state index >= 15 is 0 Å². The van der Waals surface area contributed by atoms with Gasteiger partial charge in [-0.1, -0.05) is 6.92 Å². The standard InChI is InChI=1S/C22H27F3N6O2/c1-14-5-8-30(9-6-14)20-17(18(4-7-26-20)22(23,24)25)11-28-21(33)29-15-2-3-19(27-10-15)31-12-16(32)13-31/h2-4,7,10,14,16,32H,5-6,8-9,11-13H2,1H3,(H2,28,29,33). The SMILES string of the molecule is CC1CCN(c2nccc(C(F)(F)F)c2CNC(=O)Nc2ccc(N3CC(O)C3)nc2)CC1. The Kier molecular flexibility index (Phi) is 6.59. The summed E-state index contributed by atoms with van der Waals surface area (Å²) in [4.78, 5) is 24.6. The molecule has 2 aliphatic heterocycles. The van der Waals surface area contributed by atoms with Crippen molar-refractivity contribution in [3.05, 3.63) is 41.7 Å². The molecule has 0 spiro atoms. The van der Waals surface area contributed by atoms with Gasteiger partial charge in [0.2, 0.25) is 0 Å². The van der Waals surface area contributed by atoms with Crippen LogP contribution >= 0.6 is 0 Å². The number of amides is 2. The van der Waals surface area contributed by atoms with Crippen molar-refractivity contribution < 1.29 is 23.1 Å². The molecule has 11 heteroatoms. The van der Waals surface area contributed by atoms with Crippen LogP contribution in [0.25, 0.3) is 0 Å². The van der Waals surface area contributed by atoms with Gasteiger partial charge in [-0.05, 0) is 37.0 Å². The normalized spacial score (nSPS) is 17.6. The van der Waals surface area contributed by atoms with Crippen molar-refractivity contribution in [3.8, 4) is 0 Å². The molecule has 33 heavy (non-hydrogen) atoms. The molecule has 0 unspecified atom stereocenters. The molecule has 2 fully saturated rings. The highest BCUT2D eigenvalue weighted by molar-refractivity contribution is 5.89. The predicted molar refractivity (Wildman–Crippen MR) is 118 cm³/mol. The number of alkyl halides is 3. The Morgan fingerprint density at radius 2 is 1.88 bits per heavy atom. The molecule has 0 aliphatic carbocycles. The summed E-state index contributed by atoms with van der Waals surface area (Å²) in [6.07, 6.45) is -0.522. The number of urea groups is 1. The van der Waals surface area contributed by atoms with Crippen LogP contribution in [0.2, 0.25) is 0 Å². The molecule has 4 heterocycles. The lowest BCUT2D eigenvalue weighted by Gasteiger charge is -2.36. The number of carbonyl (C=O) groups excluding carboxylic acids is 1. The van der Waals surface area contributed by atoms with E-state index in [-0.39, 0.29) is 24.0 Å². The van der Waals surface area contributed by atoms with E-state index in [1.54, 1.807) is 12.1 Å². The molecule has 4 rings (SSSR count). The van der Waals surface area contributed by atoms with Gasteiger partial charge in [0.15, 0.2) is 0 Å². The number of β-amino-alcohol motifs (C(OH)–C–C–N with tert-alkyl or cyclic N) is 1. The summed E-state index contributed by atoms with van der Waals surface area (Å²) in [5.74, 6) is 1.46. The summed E-state index contributed by atoms with van der Waals surface area (Å²) >= 11 is 0. The summed E-state index contributed by atoms with van der Waals surface area (Å²) in [6.45, 7) is 4.07. The number of hydrogen-bond acceptors (Lipinski definition) is 6. The van der Waals surface area contributed by atoms with E-state index in [0.717, 1.165) is 18.9 Å². The average molecular weight is 464 g/mol. The maximum atomic E-state index is 13.7. The molecule has 2 amide bonds. The summed E-state index contributed by atoms with van der Waals surface area (Å²) in [6, 6.07) is 3.66. The van der Waals surface area contributed by atoms with Gasteiger partial charge in [0, 0.05) is 44.5 Å². The average Bonchev–Trinajstić information content (AvgIpc) is 2.76. The third-order valence-electron chi connectivity index (χ3n) is 6.04. The van der Waals surface area contributed by atoms with Crippen LogP contribution < -0.4 is 20.4 Å². The molecule has 8 nitrogen and oxygen atoms in total. The number of nitrogens with zero attached hydrogens (tertiary/aromatic N) is 4. The number of aliphatic hydroxyl groups is 1. The zero-order chi connectivity index (χ0) is 23.6. The van der Waals surface area contributed by atoms with Gasteiger partial charge in [0.1, 0.15) is 11.6 Å². The van der Waals surface area contributed by atoms with E-state index in [9.17, 15) is 23.1 Å². The summed E-state index contributed by atoms with van der Waals surface area (Å²) in [7, 11) is 0. The quantitative estimate of drug-likeness (QED) is 0.629. The first kappa shape index (κ1) is 23.1. The number of aromatic nitrogens is 2. The van der Waals surface area contributed by atoms with Crippen molar-refractivity contribution in [2.45, 2.75) is 38.6 Å². The Morgan fingerprint density at radius 1 is 1.15 bits per heavy atom. The molecule has 2 aromatic heterocycles. The number of anilines is 3. The minimum absolute atomic E-state index is 0.0421. The lowest BCUT2D eigenvalue weighted by Crippen LogP contribution is -2.51. The third kappa shape index (κ3) is 5.47. The summed E-state index contributed by atoms with van der Waals surface area (Å²) in [5, 5.41) is 14.5. The number of hydrogen-bond donors (Lipinski definition) is 3. The van der Waals surface area contributed by atoms with Crippen LogP contribution in [0, 0.1) is 5.92 Å². The van der Waals surface area contributed by atoms with Crippen LogP contribution in [0.1, 0.15) is 30.9 Å². The fourth-order valence-corrected chi connectivity index (χ4v) is 4.05. The van der Waals surface area contributed by atoms with Gasteiger partial charge >= 0.3 is 12.2 Å². The minimum Gasteiger partial charge on any atom is -0.389 e. The van der Waals surface area contributed by atoms with E-state index in [1.807, 2.05) is 9.80 Å². The van der Waals surface area contributed by atoms with Gasteiger partial charge in [-0.25, -0.2) is 14.8 Å². The fraction of sp³-hybridized carbons (Fsp3) is 0.500. The molecule has 0 saturated carbocycles. The van der Waals surface area contributed by atoms with Crippen LogP contribution in [0.4, 0.5) is 35.3 Å². The lowest BCUT2D eigenvalue weighted by molar-refractivity contribution is -0.138. The topological polar surface area (TPSA) is 93.6 Å². The second-order valence-electron chi connectivity index (χ2n) is 8.60. The zero-order valence-electron chi connectivity index (χ0n) is 18.3. The van der Waals surface area contributed by atoms with Crippen LogP contribution in [0.15, 0.2) is 30.6 Å². The molecule has 0 bridgehead atoms. The van der Waals surface area contributed by atoms with Gasteiger partial charge in [-0.3, -0.25) is 0 Å². The van der Waals surface area contributed by atoms with Crippen LogP contribution in [-0.4, -0.2) is 53.4 Å². The highest BCUT2D eigenvalue weighted by atomic mass is 19.4. The molecule has 0 atom stereocenters. The van der Waals surface area contributed by atoms with Crippen molar-refractivity contribution in [2.24, 2.45) is 5.92 Å². The van der Waals surface area contributed by atoms with Gasteiger partial charge < -0.3 is 25.5 Å². The largest absolute Gasteiger partial charge is 0.416 e. The molecule has 0 radical (unpaired) electrons. The number of halogens is 3. The van der Waals surface area contributed by atoms with Crippen molar-refractivity contribution in [3.63, 3.8) is 0 Å². The van der Waals surface area contributed by atoms with Crippen molar-refractivity contribution >= 4 is 23.4 Å². The summed E-state index contributed by atoms with van der Waals surface area (Å²) in [5.41, 5.74) is -0.432. The maximum absolute atomic E-state index is 13.7. The Labute approximate surface area is 189 Å². The van der Waals surface area contributed by atoms with Crippen LogP contribution in [0.5, 0.6) is 0 Å². The highest BCUT2D eigenvalue weighted by Crippen LogP contribution is 2.36. The highest BCUT2D eigenvalue weighted by Gasteiger charge is 2.36. The number of rotatable bonds is 5. The van der Waals surface area contributed by atoms with E-state index in [2.05, 4.69) is 27.5 Å². The first-order valence-corrected chi connectivity index (χ1v) is 10.9. The van der Waals surface area contributed by atoms with Gasteiger partial charge in [0.05, 0.1) is 23.6 Å². The molecule has 2 saturated heterocycles. The zero-order valence-corrected chi connectivity index (χ0v) is 18.3. The first-order valence-electron chi connectivity index (χ1n) is 10.9. The number of aliphatic hydroxyl groups excluding tert-OH is 1. The third-order valence-corrected chi connectivity index (χ3v) is 6.04. The Morgan fingerprint density at radius 3 is 2.48 bits per heavy atom. The summed E-state index contributed by atoms with van der Waals surface area (Å²) < 4.78 is 41.1. The monoisotopic (exact) mass is 464 g/mol. The van der Waals surface area contributed by atoms with Crippen LogP contribution in [-0.2, 0) is 12.7 Å². The molecule has 2 aliphatic rings. The lowest BCUT2D eigenvalue weighted by atomic mass is 9.98. The van der Waals surface area contributed by atoms with Gasteiger partial charge in [-0.15, -0.1) is 0 Å². The Balaban J connectivity index is 1.43. The van der Waals surface area contributed by atoms with E-state index in [4.69, 9.17) is 0 Å². The minimum atomic E-state index is -4.56. The number of nitrogens with one attached hydrogen (secondary N) is 2. The van der Waals surface area contributed by atoms with Crippen molar-refractivity contribution in [1.82, 2.24) is 15.3 Å². The van der Waals surface area contributed by atoms with Crippen molar-refractivity contribution in [1.29, 1.82) is 0 Å². The predicted octanol–water partition coefficient (Wildman–Crippen LogP) is 3.23. The second kappa shape index (κ2) is 9.42. The smallest absolute Gasteiger partial charge is 0.389 e. The Bertz CT molecular complexity index is 971. The first-order chi connectivity index (χ1) is 15.7. The maximum Gasteiger partial charge on any atom is 0.416 e. The molecule has 3 N–H and O–H groups in total. The Hall–Kier alpha value is -3.08. The van der Waals surface area contributed by atoms with Crippen molar-refractivity contribution in [2.75, 3.05) is 41.3 Å². The van der Waals surface area contributed by atoms with Gasteiger partial charge in [-0.2, -0.15) is 13.2 Å². The second-order valence-corrected chi connectivity index (χ2v) is 8.60. The van der Waals surface area contributed by atoms with Crippen LogP contribution in [0.3, 0.4) is 0 Å². The van der Waals surface area contributed by atoms with Gasteiger partial charge in [0.25, 0.3) is 0 Å². The molecule has 178 valence electrons. The number of piperidine rings is 1. The molecular weight excluding hydrogens is 437 g/mol. The number of carbonyl (C=O) groups is 1. The van der Waals surface area contributed by atoms with E-state index in [1.165, 1.54) is 12.4 Å². The van der Waals surface area contributed by atoms with E-state index < -0.39 is 17.8 Å². The molecule has 2 aromatic rings. The molecular formula is C22H27F3N6O2.